The molecule has 1 nitrogen and oxygen atoms in total. The summed E-state index contributed by atoms with van der Waals surface area (Å²) in [6, 6.07) is 0. The van der Waals surface area contributed by atoms with Gasteiger partial charge in [0, 0.05) is 5.41 Å². The molecular weight excluding hydrogens is 268 g/mol. The van der Waals surface area contributed by atoms with Gasteiger partial charge in [0.1, 0.15) is 0 Å². The van der Waals surface area contributed by atoms with Crippen LogP contribution < -0.4 is 0 Å². The highest BCUT2D eigenvalue weighted by atomic mass is 16.1. The van der Waals surface area contributed by atoms with E-state index in [0.717, 1.165) is 11.8 Å². The summed E-state index contributed by atoms with van der Waals surface area (Å²) in [6.07, 6.45) is 16.1. The van der Waals surface area contributed by atoms with Crippen LogP contribution in [-0.2, 0) is 4.79 Å². The molecule has 1 heteroatoms. The molecule has 0 amide bonds. The molecular formula is C21H24O. The number of hydrogen-bond donors (Lipinski definition) is 0. The normalized spacial score (nSPS) is 40.9. The Labute approximate surface area is 132 Å². The van der Waals surface area contributed by atoms with Gasteiger partial charge in [-0.25, -0.2) is 0 Å². The van der Waals surface area contributed by atoms with Crippen LogP contribution in [0.1, 0.15) is 52.4 Å². The predicted octanol–water partition coefficient (Wildman–Crippen LogP) is 4.91. The summed E-state index contributed by atoms with van der Waals surface area (Å²) in [4.78, 5) is 12.0. The Kier molecular flexibility index (Phi) is 2.34. The summed E-state index contributed by atoms with van der Waals surface area (Å²) in [7, 11) is 0. The van der Waals surface area contributed by atoms with Crippen molar-refractivity contribution >= 4 is 5.78 Å². The lowest BCUT2D eigenvalue weighted by Gasteiger charge is -2.48. The van der Waals surface area contributed by atoms with Crippen LogP contribution in [0.3, 0.4) is 0 Å². The summed E-state index contributed by atoms with van der Waals surface area (Å²) in [5.41, 5.74) is 6.80. The van der Waals surface area contributed by atoms with Crippen molar-refractivity contribution in [1.29, 1.82) is 0 Å². The van der Waals surface area contributed by atoms with Gasteiger partial charge < -0.3 is 0 Å². The van der Waals surface area contributed by atoms with Crippen molar-refractivity contribution < 1.29 is 4.79 Å². The Morgan fingerprint density at radius 2 is 2.09 bits per heavy atom. The lowest BCUT2D eigenvalue weighted by Crippen LogP contribution is -2.37. The van der Waals surface area contributed by atoms with E-state index in [2.05, 4.69) is 26.0 Å². The molecule has 22 heavy (non-hydrogen) atoms. The Hall–Kier alpha value is -1.37. The molecule has 0 radical (unpaired) electrons. The molecule has 0 aromatic carbocycles. The average Bonchev–Trinajstić information content (AvgIpc) is 3.17. The molecule has 114 valence electrons. The van der Waals surface area contributed by atoms with E-state index in [4.69, 9.17) is 0 Å². The van der Waals surface area contributed by atoms with E-state index in [0.29, 0.717) is 5.41 Å². The van der Waals surface area contributed by atoms with Crippen LogP contribution in [0.5, 0.6) is 0 Å². The third kappa shape index (κ3) is 1.48. The first-order valence-electron chi connectivity index (χ1n) is 8.92. The fourth-order valence-electron chi connectivity index (χ4n) is 5.81. The van der Waals surface area contributed by atoms with E-state index in [9.17, 15) is 4.79 Å². The second-order valence-electron chi connectivity index (χ2n) is 8.43. The average molecular weight is 292 g/mol. The number of allylic oxidation sites excluding steroid dienone is 8. The van der Waals surface area contributed by atoms with Crippen molar-refractivity contribution in [3.8, 4) is 0 Å². The van der Waals surface area contributed by atoms with Crippen LogP contribution in [0.4, 0.5) is 0 Å². The van der Waals surface area contributed by atoms with E-state index < -0.39 is 0 Å². The Balaban J connectivity index is 1.71. The van der Waals surface area contributed by atoms with Crippen LogP contribution in [-0.4, -0.2) is 5.78 Å². The first-order chi connectivity index (χ1) is 10.5. The van der Waals surface area contributed by atoms with Gasteiger partial charge in [-0.2, -0.15) is 0 Å². The highest BCUT2D eigenvalue weighted by Gasteiger charge is 2.58. The maximum Gasteiger partial charge on any atom is 0.178 e. The van der Waals surface area contributed by atoms with Gasteiger partial charge in [-0.1, -0.05) is 24.6 Å². The van der Waals surface area contributed by atoms with Gasteiger partial charge >= 0.3 is 0 Å². The highest BCUT2D eigenvalue weighted by molar-refractivity contribution is 6.02. The fourth-order valence-corrected chi connectivity index (χ4v) is 5.81. The molecule has 0 aromatic heterocycles. The van der Waals surface area contributed by atoms with Gasteiger partial charge in [-0.3, -0.25) is 4.79 Å². The van der Waals surface area contributed by atoms with Gasteiger partial charge in [-0.15, -0.1) is 0 Å². The first-order valence-corrected chi connectivity index (χ1v) is 8.92. The summed E-state index contributed by atoms with van der Waals surface area (Å²) in [5.74, 6) is 1.83. The molecule has 1 saturated carbocycles. The number of hydrogen-bond acceptors (Lipinski definition) is 1. The minimum atomic E-state index is 0.0234. The molecule has 1 fully saturated rings. The van der Waals surface area contributed by atoms with Crippen molar-refractivity contribution in [1.82, 2.24) is 0 Å². The third-order valence-corrected chi connectivity index (χ3v) is 7.21. The molecule has 5 rings (SSSR count). The first kappa shape index (κ1) is 13.1. The summed E-state index contributed by atoms with van der Waals surface area (Å²) < 4.78 is 0. The number of fused-ring (bicyclic) bond motifs is 5. The van der Waals surface area contributed by atoms with Gasteiger partial charge in [0.25, 0.3) is 0 Å². The minimum Gasteiger partial charge on any atom is -0.290 e. The van der Waals surface area contributed by atoms with E-state index in [1.807, 2.05) is 12.2 Å². The zero-order chi connectivity index (χ0) is 15.1. The Morgan fingerprint density at radius 1 is 1.27 bits per heavy atom. The van der Waals surface area contributed by atoms with Gasteiger partial charge in [0.2, 0.25) is 0 Å². The third-order valence-electron chi connectivity index (χ3n) is 7.21. The summed E-state index contributed by atoms with van der Waals surface area (Å²) in [6.45, 7) is 4.79. The summed E-state index contributed by atoms with van der Waals surface area (Å²) in [5, 5.41) is 0. The Bertz CT molecular complexity index is 710. The molecule has 5 aliphatic carbocycles. The topological polar surface area (TPSA) is 17.1 Å². The molecule has 3 atom stereocenters. The van der Waals surface area contributed by atoms with Crippen molar-refractivity contribution in [2.75, 3.05) is 0 Å². The molecule has 5 aliphatic rings. The predicted molar refractivity (Wildman–Crippen MR) is 88.2 cm³/mol. The van der Waals surface area contributed by atoms with E-state index in [1.54, 1.807) is 16.7 Å². The van der Waals surface area contributed by atoms with Crippen LogP contribution in [0, 0.1) is 22.7 Å². The largest absolute Gasteiger partial charge is 0.290 e. The highest BCUT2D eigenvalue weighted by Crippen LogP contribution is 2.69. The number of carbonyl (C=O) groups excluding carboxylic acids is 1. The van der Waals surface area contributed by atoms with Crippen molar-refractivity contribution in [3.05, 3.63) is 46.6 Å². The maximum absolute atomic E-state index is 12.0. The van der Waals surface area contributed by atoms with Crippen LogP contribution >= 0.6 is 0 Å². The number of rotatable bonds is 0. The van der Waals surface area contributed by atoms with Gasteiger partial charge in [0.15, 0.2) is 5.78 Å². The van der Waals surface area contributed by atoms with E-state index in [1.165, 1.54) is 44.1 Å². The molecule has 0 aromatic rings. The molecule has 0 N–H and O–H groups in total. The Morgan fingerprint density at radius 3 is 2.86 bits per heavy atom. The van der Waals surface area contributed by atoms with Crippen molar-refractivity contribution in [2.24, 2.45) is 22.7 Å². The molecule has 0 aliphatic heterocycles. The standard InChI is InChI=1S/C21H24O/c1-13-3-4-16-15(13)5-6-18-17(16)12-21(9-10-21)19-11-14(22)7-8-20(18,19)2/h4,7-8,11,13,15H,3,5-6,9-10,12H2,1-2H3. The van der Waals surface area contributed by atoms with Crippen LogP contribution in [0.25, 0.3) is 0 Å². The second-order valence-corrected chi connectivity index (χ2v) is 8.43. The number of carbonyl (C=O) groups is 1. The maximum atomic E-state index is 12.0. The van der Waals surface area contributed by atoms with Crippen molar-refractivity contribution in [3.63, 3.8) is 0 Å². The fraction of sp³-hybridized carbons (Fsp3) is 0.571. The van der Waals surface area contributed by atoms with Crippen LogP contribution in [0.15, 0.2) is 46.6 Å². The number of ketones is 1. The van der Waals surface area contributed by atoms with Crippen molar-refractivity contribution in [2.45, 2.75) is 52.4 Å². The van der Waals surface area contributed by atoms with E-state index in [-0.39, 0.29) is 11.2 Å². The smallest absolute Gasteiger partial charge is 0.178 e. The zero-order valence-electron chi connectivity index (χ0n) is 13.6. The quantitative estimate of drug-likeness (QED) is 0.619. The monoisotopic (exact) mass is 292 g/mol. The molecule has 0 saturated heterocycles. The molecule has 0 heterocycles. The van der Waals surface area contributed by atoms with Crippen LogP contribution in [0.2, 0.25) is 0 Å². The lowest BCUT2D eigenvalue weighted by molar-refractivity contribution is -0.110. The molecule has 1 spiro atoms. The lowest BCUT2D eigenvalue weighted by atomic mass is 9.56. The minimum absolute atomic E-state index is 0.0234. The second kappa shape index (κ2) is 3.93. The van der Waals surface area contributed by atoms with Gasteiger partial charge in [0.05, 0.1) is 0 Å². The SMILES string of the molecule is CC1CC=C2C3=C(CCC21)C1(C)C=CC(=O)C=C1C1(CC1)C3. The summed E-state index contributed by atoms with van der Waals surface area (Å²) >= 11 is 0. The van der Waals surface area contributed by atoms with E-state index >= 15 is 0 Å². The molecule has 0 bridgehead atoms. The molecule has 3 unspecified atom stereocenters. The zero-order valence-corrected chi connectivity index (χ0v) is 13.6. The van der Waals surface area contributed by atoms with Gasteiger partial charge in [-0.05, 0) is 91.6 Å².